The number of rotatable bonds is 8. The Morgan fingerprint density at radius 2 is 2.24 bits per heavy atom. The highest BCUT2D eigenvalue weighted by atomic mass is 16.5. The van der Waals surface area contributed by atoms with Gasteiger partial charge in [0.1, 0.15) is 0 Å². The maximum atomic E-state index is 5.21. The molecular weight excluding hydrogens is 220 g/mol. The Balaban J connectivity index is 2.50. The Morgan fingerprint density at radius 3 is 2.82 bits per heavy atom. The molecule has 0 spiro atoms. The fourth-order valence-corrected chi connectivity index (χ4v) is 1.61. The molecule has 1 rings (SSSR count). The molecule has 98 valence electrons. The van der Waals surface area contributed by atoms with Crippen LogP contribution >= 0.6 is 0 Å². The molecule has 0 saturated carbocycles. The van der Waals surface area contributed by atoms with Gasteiger partial charge >= 0.3 is 0 Å². The molecule has 1 atom stereocenters. The summed E-state index contributed by atoms with van der Waals surface area (Å²) in [6.07, 6.45) is 0.697. The van der Waals surface area contributed by atoms with Crippen molar-refractivity contribution < 1.29 is 9.26 Å². The summed E-state index contributed by atoms with van der Waals surface area (Å²) in [5.74, 6) is 1.38. The highest BCUT2D eigenvalue weighted by Crippen LogP contribution is 2.03. The first-order valence-corrected chi connectivity index (χ1v) is 5.84. The smallest absolute Gasteiger partial charge is 0.228 e. The van der Waals surface area contributed by atoms with Gasteiger partial charge in [-0.1, -0.05) is 12.1 Å². The number of hydrogen-bond acceptors (Lipinski definition) is 6. The predicted molar refractivity (Wildman–Crippen MR) is 64.7 cm³/mol. The molecule has 1 aromatic rings. The normalized spacial score (nSPS) is 13.2. The molecule has 0 aliphatic rings. The van der Waals surface area contributed by atoms with Crippen LogP contribution in [0.2, 0.25) is 0 Å². The maximum Gasteiger partial charge on any atom is 0.228 e. The van der Waals surface area contributed by atoms with Gasteiger partial charge in [-0.3, -0.25) is 0 Å². The lowest BCUT2D eigenvalue weighted by atomic mass is 10.2. The minimum absolute atomic E-state index is 0.220. The molecule has 0 amide bonds. The molecule has 6 nitrogen and oxygen atoms in total. The molecular formula is C11H22N4O2. The number of nitrogens with one attached hydrogen (secondary N) is 1. The van der Waals surface area contributed by atoms with Gasteiger partial charge in [0.05, 0.1) is 13.2 Å². The van der Waals surface area contributed by atoms with Crippen molar-refractivity contribution in [2.75, 3.05) is 34.4 Å². The second kappa shape index (κ2) is 7.37. The average molecular weight is 242 g/mol. The van der Waals surface area contributed by atoms with Crippen molar-refractivity contribution >= 4 is 0 Å². The predicted octanol–water partition coefficient (Wildman–Crippen LogP) is 0.298. The van der Waals surface area contributed by atoms with Gasteiger partial charge in [0.2, 0.25) is 5.89 Å². The summed E-state index contributed by atoms with van der Waals surface area (Å²) in [5.41, 5.74) is 0. The number of nitrogens with zero attached hydrogens (tertiary/aromatic N) is 3. The van der Waals surface area contributed by atoms with E-state index in [1.54, 1.807) is 7.11 Å². The van der Waals surface area contributed by atoms with E-state index in [1.165, 1.54) is 0 Å². The van der Waals surface area contributed by atoms with Crippen molar-refractivity contribution in [2.24, 2.45) is 0 Å². The van der Waals surface area contributed by atoms with E-state index in [0.29, 0.717) is 25.5 Å². The summed E-state index contributed by atoms with van der Waals surface area (Å²) in [5, 5.41) is 7.25. The van der Waals surface area contributed by atoms with Crippen LogP contribution in [-0.2, 0) is 17.7 Å². The zero-order valence-electron chi connectivity index (χ0n) is 11.1. The van der Waals surface area contributed by atoms with Gasteiger partial charge in [-0.15, -0.1) is 0 Å². The van der Waals surface area contributed by atoms with E-state index in [0.717, 1.165) is 12.4 Å². The molecule has 1 heterocycles. The van der Waals surface area contributed by atoms with Crippen LogP contribution in [0.3, 0.4) is 0 Å². The van der Waals surface area contributed by atoms with Crippen LogP contribution in [0.1, 0.15) is 18.6 Å². The molecule has 1 unspecified atom stereocenters. The zero-order chi connectivity index (χ0) is 12.7. The fourth-order valence-electron chi connectivity index (χ4n) is 1.61. The number of likely N-dealkylation sites (N-methyl/N-ethyl adjacent to an activating group) is 1. The molecule has 0 radical (unpaired) electrons. The van der Waals surface area contributed by atoms with Crippen LogP contribution in [0.25, 0.3) is 0 Å². The summed E-state index contributed by atoms with van der Waals surface area (Å²) in [4.78, 5) is 6.35. The van der Waals surface area contributed by atoms with E-state index >= 15 is 0 Å². The minimum atomic E-state index is 0.220. The molecule has 0 aliphatic carbocycles. The molecule has 6 heteroatoms. The van der Waals surface area contributed by atoms with Gasteiger partial charge in [0, 0.05) is 19.6 Å². The lowest BCUT2D eigenvalue weighted by molar-refractivity contribution is 0.162. The Bertz CT molecular complexity index is 308. The van der Waals surface area contributed by atoms with E-state index in [2.05, 4.69) is 22.4 Å². The van der Waals surface area contributed by atoms with Crippen LogP contribution in [0.15, 0.2) is 4.52 Å². The topological polar surface area (TPSA) is 63.4 Å². The third kappa shape index (κ3) is 5.25. The largest absolute Gasteiger partial charge is 0.383 e. The van der Waals surface area contributed by atoms with E-state index in [1.807, 2.05) is 19.0 Å². The molecule has 0 aromatic carbocycles. The quantitative estimate of drug-likeness (QED) is 0.707. The van der Waals surface area contributed by atoms with Crippen molar-refractivity contribution in [3.8, 4) is 0 Å². The first kappa shape index (κ1) is 14.1. The van der Waals surface area contributed by atoms with Crippen molar-refractivity contribution in [3.05, 3.63) is 11.7 Å². The Morgan fingerprint density at radius 1 is 1.47 bits per heavy atom. The van der Waals surface area contributed by atoms with Crippen LogP contribution in [0.5, 0.6) is 0 Å². The van der Waals surface area contributed by atoms with Crippen molar-refractivity contribution in [2.45, 2.75) is 25.9 Å². The van der Waals surface area contributed by atoms with Gasteiger partial charge < -0.3 is 19.5 Å². The lowest BCUT2D eigenvalue weighted by Crippen LogP contribution is -2.35. The van der Waals surface area contributed by atoms with Crippen LogP contribution in [0, 0.1) is 0 Å². The van der Waals surface area contributed by atoms with E-state index < -0.39 is 0 Å². The molecule has 0 bridgehead atoms. The first-order valence-electron chi connectivity index (χ1n) is 5.84. The molecule has 0 aliphatic heterocycles. The SMILES string of the molecule is CCNC(COC)Cc1nc(CN(C)C)no1. The third-order valence-electron chi connectivity index (χ3n) is 2.25. The van der Waals surface area contributed by atoms with Crippen molar-refractivity contribution in [1.29, 1.82) is 0 Å². The van der Waals surface area contributed by atoms with E-state index in [4.69, 9.17) is 9.26 Å². The standard InChI is InChI=1S/C11H22N4O2/c1-5-12-9(8-16-4)6-11-13-10(14-17-11)7-15(2)3/h9,12H,5-8H2,1-4H3. The summed E-state index contributed by atoms with van der Waals surface area (Å²) in [7, 11) is 5.64. The molecule has 0 fully saturated rings. The highest BCUT2D eigenvalue weighted by Gasteiger charge is 2.13. The number of methoxy groups -OCH3 is 1. The molecule has 1 aromatic heterocycles. The zero-order valence-corrected chi connectivity index (χ0v) is 11.1. The number of hydrogen-bond donors (Lipinski definition) is 1. The van der Waals surface area contributed by atoms with Gasteiger partial charge in [-0.2, -0.15) is 4.98 Å². The Kier molecular flexibility index (Phi) is 6.10. The van der Waals surface area contributed by atoms with Gasteiger partial charge in [-0.25, -0.2) is 0 Å². The molecule has 0 saturated heterocycles. The summed E-state index contributed by atoms with van der Waals surface area (Å²) in [6.45, 7) is 4.29. The van der Waals surface area contributed by atoms with E-state index in [-0.39, 0.29) is 6.04 Å². The van der Waals surface area contributed by atoms with Crippen LogP contribution in [-0.4, -0.2) is 55.4 Å². The number of aromatic nitrogens is 2. The average Bonchev–Trinajstić information content (AvgIpc) is 2.65. The maximum absolute atomic E-state index is 5.21. The van der Waals surface area contributed by atoms with Crippen LogP contribution < -0.4 is 5.32 Å². The van der Waals surface area contributed by atoms with Gasteiger partial charge in [0.25, 0.3) is 0 Å². The van der Waals surface area contributed by atoms with E-state index in [9.17, 15) is 0 Å². The van der Waals surface area contributed by atoms with Gasteiger partial charge in [-0.05, 0) is 20.6 Å². The lowest BCUT2D eigenvalue weighted by Gasteiger charge is -2.14. The fraction of sp³-hybridized carbons (Fsp3) is 0.818. The minimum Gasteiger partial charge on any atom is -0.383 e. The van der Waals surface area contributed by atoms with Gasteiger partial charge in [0.15, 0.2) is 5.82 Å². The Labute approximate surface area is 102 Å². The number of ether oxygens (including phenoxy) is 1. The molecule has 1 N–H and O–H groups in total. The monoisotopic (exact) mass is 242 g/mol. The summed E-state index contributed by atoms with van der Waals surface area (Å²) < 4.78 is 10.3. The summed E-state index contributed by atoms with van der Waals surface area (Å²) in [6, 6.07) is 0.220. The Hall–Kier alpha value is -0.980. The highest BCUT2D eigenvalue weighted by molar-refractivity contribution is 4.89. The summed E-state index contributed by atoms with van der Waals surface area (Å²) >= 11 is 0. The third-order valence-corrected chi connectivity index (χ3v) is 2.25. The second-order valence-electron chi connectivity index (χ2n) is 4.26. The van der Waals surface area contributed by atoms with Crippen molar-refractivity contribution in [3.63, 3.8) is 0 Å². The second-order valence-corrected chi connectivity index (χ2v) is 4.26. The van der Waals surface area contributed by atoms with Crippen molar-refractivity contribution in [1.82, 2.24) is 20.4 Å². The first-order chi connectivity index (χ1) is 8.15. The van der Waals surface area contributed by atoms with Crippen LogP contribution in [0.4, 0.5) is 0 Å². The molecule has 17 heavy (non-hydrogen) atoms.